The Bertz CT molecular complexity index is 771. The van der Waals surface area contributed by atoms with Gasteiger partial charge in [0.25, 0.3) is 0 Å². The van der Waals surface area contributed by atoms with Crippen LogP contribution in [0, 0.1) is 5.92 Å². The Balaban J connectivity index is 2.61. The highest BCUT2D eigenvalue weighted by molar-refractivity contribution is 5.92. The number of carbonyl (C=O) groups is 4. The van der Waals surface area contributed by atoms with E-state index in [0.717, 1.165) is 5.56 Å². The van der Waals surface area contributed by atoms with Crippen molar-refractivity contribution in [3.63, 3.8) is 0 Å². The molecule has 0 saturated heterocycles. The normalized spacial score (nSPS) is 13.4. The van der Waals surface area contributed by atoms with Gasteiger partial charge in [-0.15, -0.1) is 0 Å². The fourth-order valence-corrected chi connectivity index (χ4v) is 3.10. The number of nitrogens with one attached hydrogen (secondary N) is 4. The van der Waals surface area contributed by atoms with Crippen molar-refractivity contribution in [3.8, 4) is 0 Å². The molecule has 33 heavy (non-hydrogen) atoms. The fourth-order valence-electron chi connectivity index (χ4n) is 3.10. The highest BCUT2D eigenvalue weighted by Crippen LogP contribution is 2.05. The van der Waals surface area contributed by atoms with Crippen LogP contribution in [0.15, 0.2) is 30.3 Å². The minimum absolute atomic E-state index is 0.155. The second-order valence-corrected chi connectivity index (χ2v) is 8.13. The Kier molecular flexibility index (Phi) is 12.5. The topological polar surface area (TPSA) is 146 Å². The molecule has 4 amide bonds. The van der Waals surface area contributed by atoms with Gasteiger partial charge < -0.3 is 31.1 Å². The molecule has 1 rings (SSSR count). The third kappa shape index (κ3) is 11.3. The van der Waals surface area contributed by atoms with E-state index >= 15 is 0 Å². The molecule has 10 heteroatoms. The van der Waals surface area contributed by atoms with Crippen LogP contribution >= 0.6 is 0 Å². The van der Waals surface area contributed by atoms with Crippen molar-refractivity contribution >= 4 is 23.8 Å². The Morgan fingerprint density at radius 1 is 0.970 bits per heavy atom. The molecule has 0 bridgehead atoms. The maximum Gasteiger partial charge on any atom is 0.407 e. The number of hydrogen-bond donors (Lipinski definition) is 5. The molecule has 0 saturated carbocycles. The lowest BCUT2D eigenvalue weighted by Crippen LogP contribution is -2.53. The average Bonchev–Trinajstić information content (AvgIpc) is 2.76. The van der Waals surface area contributed by atoms with E-state index in [4.69, 9.17) is 4.74 Å². The predicted molar refractivity (Wildman–Crippen MR) is 123 cm³/mol. The molecule has 1 aromatic rings. The van der Waals surface area contributed by atoms with Crippen molar-refractivity contribution in [2.45, 2.75) is 58.7 Å². The van der Waals surface area contributed by atoms with Crippen molar-refractivity contribution in [2.24, 2.45) is 5.92 Å². The summed E-state index contributed by atoms with van der Waals surface area (Å²) >= 11 is 0. The molecule has 5 N–H and O–H groups in total. The molecule has 0 heterocycles. The molecule has 0 spiro atoms. The number of benzene rings is 1. The van der Waals surface area contributed by atoms with Gasteiger partial charge in [0.15, 0.2) is 0 Å². The van der Waals surface area contributed by atoms with E-state index < -0.39 is 41.9 Å². The van der Waals surface area contributed by atoms with Crippen LogP contribution in [0.2, 0.25) is 0 Å². The van der Waals surface area contributed by atoms with Gasteiger partial charge in [-0.3, -0.25) is 14.4 Å². The first-order valence-corrected chi connectivity index (χ1v) is 11.1. The Labute approximate surface area is 194 Å². The highest BCUT2D eigenvalue weighted by Gasteiger charge is 2.24. The van der Waals surface area contributed by atoms with Crippen LogP contribution in [0.4, 0.5) is 4.79 Å². The molecule has 1 aromatic carbocycles. The van der Waals surface area contributed by atoms with E-state index in [1.165, 1.54) is 6.92 Å². The van der Waals surface area contributed by atoms with Gasteiger partial charge in [0.1, 0.15) is 12.1 Å². The molecule has 3 atom stereocenters. The first-order chi connectivity index (χ1) is 15.7. The Morgan fingerprint density at radius 2 is 1.64 bits per heavy atom. The van der Waals surface area contributed by atoms with Crippen LogP contribution in [0.3, 0.4) is 0 Å². The van der Waals surface area contributed by atoms with E-state index in [1.807, 2.05) is 44.2 Å². The number of ether oxygens (including phenoxy) is 1. The van der Waals surface area contributed by atoms with Crippen molar-refractivity contribution in [1.82, 2.24) is 21.3 Å². The minimum Gasteiger partial charge on any atom is -0.450 e. The van der Waals surface area contributed by atoms with Crippen LogP contribution in [0.25, 0.3) is 0 Å². The van der Waals surface area contributed by atoms with Crippen molar-refractivity contribution in [3.05, 3.63) is 35.9 Å². The van der Waals surface area contributed by atoms with Crippen LogP contribution in [0.1, 0.15) is 39.7 Å². The summed E-state index contributed by atoms with van der Waals surface area (Å²) in [6.07, 6.45) is 0.0858. The summed E-state index contributed by atoms with van der Waals surface area (Å²) in [4.78, 5) is 49.0. The lowest BCUT2D eigenvalue weighted by molar-refractivity contribution is -0.130. The van der Waals surface area contributed by atoms with Crippen LogP contribution < -0.4 is 21.3 Å². The van der Waals surface area contributed by atoms with E-state index in [2.05, 4.69) is 21.3 Å². The van der Waals surface area contributed by atoms with Crippen LogP contribution in [-0.4, -0.2) is 66.8 Å². The first-order valence-electron chi connectivity index (χ1n) is 11.1. The highest BCUT2D eigenvalue weighted by atomic mass is 16.5. The molecule has 0 aromatic heterocycles. The third-order valence-electron chi connectivity index (χ3n) is 4.68. The van der Waals surface area contributed by atoms with Gasteiger partial charge >= 0.3 is 6.09 Å². The second-order valence-electron chi connectivity index (χ2n) is 8.13. The standard InChI is InChI=1S/C23H36N4O6/c1-5-33-23(32)27-19(12-17-9-7-6-8-10-17)22(31)24-13-20(29)25-16(4)21(30)26-18(14-28)11-15(2)3/h6-10,15-16,18-19,28H,5,11-14H2,1-4H3,(H,24,31)(H,25,29)(H,26,30)(H,27,32)/t16-,18-,19-/m0/s1. The smallest absolute Gasteiger partial charge is 0.407 e. The molecule has 0 aliphatic carbocycles. The number of alkyl carbamates (subject to hydrolysis) is 1. The quantitative estimate of drug-likeness (QED) is 0.287. The summed E-state index contributed by atoms with van der Waals surface area (Å²) in [6, 6.07) is 6.91. The SMILES string of the molecule is CCOC(=O)N[C@@H](Cc1ccccc1)C(=O)NCC(=O)N[C@@H](C)C(=O)N[C@H](CO)CC(C)C. The fraction of sp³-hybridized carbons (Fsp3) is 0.565. The van der Waals surface area contributed by atoms with Gasteiger partial charge in [0.05, 0.1) is 25.8 Å². The van der Waals surface area contributed by atoms with E-state index in [-0.39, 0.29) is 32.1 Å². The molecule has 10 nitrogen and oxygen atoms in total. The second kappa shape index (κ2) is 14.8. The number of hydrogen-bond acceptors (Lipinski definition) is 6. The predicted octanol–water partition coefficient (Wildman–Crippen LogP) is 0.488. The zero-order valence-corrected chi connectivity index (χ0v) is 19.7. The van der Waals surface area contributed by atoms with Crippen molar-refractivity contribution in [1.29, 1.82) is 0 Å². The summed E-state index contributed by atoms with van der Waals surface area (Å²) in [7, 11) is 0. The van der Waals surface area contributed by atoms with Crippen LogP contribution in [0.5, 0.6) is 0 Å². The summed E-state index contributed by atoms with van der Waals surface area (Å²) in [5.74, 6) is -1.27. The third-order valence-corrected chi connectivity index (χ3v) is 4.68. The molecule has 0 aliphatic heterocycles. The summed E-state index contributed by atoms with van der Waals surface area (Å²) in [5.41, 5.74) is 0.823. The van der Waals surface area contributed by atoms with Gasteiger partial charge in [-0.2, -0.15) is 0 Å². The van der Waals surface area contributed by atoms with Gasteiger partial charge in [-0.05, 0) is 31.7 Å². The van der Waals surface area contributed by atoms with Crippen LogP contribution in [-0.2, 0) is 25.5 Å². The monoisotopic (exact) mass is 464 g/mol. The number of amides is 4. The molecule has 0 radical (unpaired) electrons. The maximum absolute atomic E-state index is 12.6. The zero-order chi connectivity index (χ0) is 24.8. The van der Waals surface area contributed by atoms with E-state index in [9.17, 15) is 24.3 Å². The maximum atomic E-state index is 12.6. The van der Waals surface area contributed by atoms with Crippen molar-refractivity contribution < 1.29 is 29.0 Å². The minimum atomic E-state index is -0.943. The van der Waals surface area contributed by atoms with Gasteiger partial charge in [-0.25, -0.2) is 4.79 Å². The lowest BCUT2D eigenvalue weighted by Gasteiger charge is -2.22. The largest absolute Gasteiger partial charge is 0.450 e. The number of aliphatic hydroxyl groups is 1. The Hall–Kier alpha value is -3.14. The lowest BCUT2D eigenvalue weighted by atomic mass is 10.0. The number of carbonyl (C=O) groups excluding carboxylic acids is 4. The average molecular weight is 465 g/mol. The molecule has 0 fully saturated rings. The van der Waals surface area contributed by atoms with E-state index in [1.54, 1.807) is 6.92 Å². The van der Waals surface area contributed by atoms with Gasteiger partial charge in [0.2, 0.25) is 17.7 Å². The molecule has 184 valence electrons. The van der Waals surface area contributed by atoms with Crippen molar-refractivity contribution in [2.75, 3.05) is 19.8 Å². The van der Waals surface area contributed by atoms with E-state index in [0.29, 0.717) is 6.42 Å². The number of rotatable bonds is 13. The summed E-state index contributed by atoms with van der Waals surface area (Å²) in [5, 5.41) is 19.6. The first kappa shape index (κ1) is 27.9. The summed E-state index contributed by atoms with van der Waals surface area (Å²) < 4.78 is 4.86. The molecule has 0 unspecified atom stereocenters. The zero-order valence-electron chi connectivity index (χ0n) is 19.7. The molecular weight excluding hydrogens is 428 g/mol. The number of aliphatic hydroxyl groups excluding tert-OH is 1. The van der Waals surface area contributed by atoms with Gasteiger partial charge in [0, 0.05) is 6.42 Å². The Morgan fingerprint density at radius 3 is 2.21 bits per heavy atom. The van der Waals surface area contributed by atoms with Gasteiger partial charge in [-0.1, -0.05) is 44.2 Å². The molecule has 0 aliphatic rings. The summed E-state index contributed by atoms with van der Waals surface area (Å²) in [6.45, 7) is 6.70. The molecular formula is C23H36N4O6.